The summed E-state index contributed by atoms with van der Waals surface area (Å²) in [6, 6.07) is 11.5. The number of carbonyl (C=O) groups is 2. The van der Waals surface area contributed by atoms with Gasteiger partial charge >= 0.3 is 0 Å². The van der Waals surface area contributed by atoms with E-state index in [0.29, 0.717) is 12.3 Å². The SMILES string of the molecule is C/C(=N/NC(=O)C1C(=O)NCC1c1ccccc1)c1cc(Br)cs1. The van der Waals surface area contributed by atoms with E-state index >= 15 is 0 Å². The van der Waals surface area contributed by atoms with E-state index in [1.54, 1.807) is 0 Å². The molecule has 3 rings (SSSR count). The maximum atomic E-state index is 12.5. The smallest absolute Gasteiger partial charge is 0.253 e. The summed E-state index contributed by atoms with van der Waals surface area (Å²) in [6.07, 6.45) is 0. The molecule has 2 unspecified atom stereocenters. The van der Waals surface area contributed by atoms with E-state index in [1.807, 2.05) is 48.7 Å². The summed E-state index contributed by atoms with van der Waals surface area (Å²) in [5.41, 5.74) is 4.22. The summed E-state index contributed by atoms with van der Waals surface area (Å²) in [6.45, 7) is 2.28. The van der Waals surface area contributed by atoms with Crippen LogP contribution in [0.25, 0.3) is 0 Å². The zero-order valence-electron chi connectivity index (χ0n) is 13.0. The number of halogens is 1. The Balaban J connectivity index is 1.74. The molecule has 0 radical (unpaired) electrons. The van der Waals surface area contributed by atoms with Crippen molar-refractivity contribution >= 4 is 44.8 Å². The highest BCUT2D eigenvalue weighted by molar-refractivity contribution is 9.10. The van der Waals surface area contributed by atoms with E-state index in [4.69, 9.17) is 0 Å². The van der Waals surface area contributed by atoms with Crippen LogP contribution in [0, 0.1) is 5.92 Å². The molecule has 1 fully saturated rings. The zero-order valence-corrected chi connectivity index (χ0v) is 15.4. The third-order valence-corrected chi connectivity index (χ3v) is 5.75. The number of hydrogen-bond donors (Lipinski definition) is 2. The number of hydrazone groups is 1. The van der Waals surface area contributed by atoms with Gasteiger partial charge in [-0.1, -0.05) is 30.3 Å². The number of thiophene rings is 1. The maximum Gasteiger partial charge on any atom is 0.253 e. The number of amides is 2. The van der Waals surface area contributed by atoms with Crippen molar-refractivity contribution in [1.82, 2.24) is 10.7 Å². The van der Waals surface area contributed by atoms with Gasteiger partial charge in [0.25, 0.3) is 5.91 Å². The lowest BCUT2D eigenvalue weighted by Crippen LogP contribution is -2.35. The molecule has 124 valence electrons. The van der Waals surface area contributed by atoms with Gasteiger partial charge in [-0.05, 0) is 34.5 Å². The number of hydrogen-bond acceptors (Lipinski definition) is 4. The Kier molecular flexibility index (Phi) is 5.11. The van der Waals surface area contributed by atoms with Gasteiger partial charge in [-0.2, -0.15) is 5.10 Å². The molecule has 7 heteroatoms. The van der Waals surface area contributed by atoms with E-state index in [0.717, 1.165) is 14.9 Å². The summed E-state index contributed by atoms with van der Waals surface area (Å²) in [7, 11) is 0. The van der Waals surface area contributed by atoms with Crippen LogP contribution in [0.5, 0.6) is 0 Å². The number of carbonyl (C=O) groups excluding carboxylic acids is 2. The molecular formula is C17H16BrN3O2S. The van der Waals surface area contributed by atoms with Crippen LogP contribution >= 0.6 is 27.3 Å². The fourth-order valence-electron chi connectivity index (χ4n) is 2.70. The van der Waals surface area contributed by atoms with Crippen molar-refractivity contribution in [2.75, 3.05) is 6.54 Å². The van der Waals surface area contributed by atoms with Crippen LogP contribution in [0.1, 0.15) is 23.3 Å². The van der Waals surface area contributed by atoms with E-state index in [-0.39, 0.29) is 17.7 Å². The van der Waals surface area contributed by atoms with Crippen molar-refractivity contribution in [3.05, 3.63) is 56.7 Å². The van der Waals surface area contributed by atoms with Gasteiger partial charge in [-0.15, -0.1) is 11.3 Å². The highest BCUT2D eigenvalue weighted by Gasteiger charge is 2.40. The normalized spacial score (nSPS) is 20.8. The number of nitrogens with zero attached hydrogens (tertiary/aromatic N) is 1. The third kappa shape index (κ3) is 3.57. The lowest BCUT2D eigenvalue weighted by atomic mass is 9.88. The molecule has 5 nitrogen and oxygen atoms in total. The second-order valence-electron chi connectivity index (χ2n) is 5.54. The second kappa shape index (κ2) is 7.27. The minimum atomic E-state index is -0.765. The molecule has 2 N–H and O–H groups in total. The molecule has 2 aromatic rings. The molecule has 0 saturated carbocycles. The first kappa shape index (κ1) is 16.9. The molecule has 1 aliphatic heterocycles. The second-order valence-corrected chi connectivity index (χ2v) is 7.37. The van der Waals surface area contributed by atoms with Gasteiger partial charge in [0.05, 0.1) is 10.6 Å². The summed E-state index contributed by atoms with van der Waals surface area (Å²) in [4.78, 5) is 25.5. The predicted octanol–water partition coefficient (Wildman–Crippen LogP) is 2.88. The minimum Gasteiger partial charge on any atom is -0.355 e. The first-order chi connectivity index (χ1) is 11.6. The monoisotopic (exact) mass is 405 g/mol. The summed E-state index contributed by atoms with van der Waals surface area (Å²) < 4.78 is 0.975. The highest BCUT2D eigenvalue weighted by Crippen LogP contribution is 2.29. The largest absolute Gasteiger partial charge is 0.355 e. The number of rotatable bonds is 4. The Morgan fingerprint density at radius 1 is 1.38 bits per heavy atom. The molecule has 1 aromatic carbocycles. The topological polar surface area (TPSA) is 70.6 Å². The van der Waals surface area contributed by atoms with Gasteiger partial charge in [0, 0.05) is 22.3 Å². The van der Waals surface area contributed by atoms with Gasteiger partial charge in [-0.25, -0.2) is 5.43 Å². The van der Waals surface area contributed by atoms with Crippen LogP contribution in [0.3, 0.4) is 0 Å². The molecule has 2 amide bonds. The lowest BCUT2D eigenvalue weighted by Gasteiger charge is -2.15. The van der Waals surface area contributed by atoms with E-state index in [9.17, 15) is 9.59 Å². The molecule has 1 aromatic heterocycles. The molecule has 0 spiro atoms. The van der Waals surface area contributed by atoms with Crippen LogP contribution < -0.4 is 10.7 Å². The predicted molar refractivity (Wildman–Crippen MR) is 98.1 cm³/mol. The average Bonchev–Trinajstić information content (AvgIpc) is 3.19. The summed E-state index contributed by atoms with van der Waals surface area (Å²) >= 11 is 4.92. The Morgan fingerprint density at radius 2 is 2.12 bits per heavy atom. The van der Waals surface area contributed by atoms with Gasteiger partial charge in [0.2, 0.25) is 5.91 Å². The first-order valence-corrected chi connectivity index (χ1v) is 9.14. The molecule has 2 atom stereocenters. The summed E-state index contributed by atoms with van der Waals surface area (Å²) in [5, 5.41) is 8.86. The van der Waals surface area contributed by atoms with Gasteiger partial charge < -0.3 is 5.32 Å². The molecule has 1 saturated heterocycles. The summed E-state index contributed by atoms with van der Waals surface area (Å²) in [5.74, 6) is -1.58. The zero-order chi connectivity index (χ0) is 17.1. The van der Waals surface area contributed by atoms with Crippen LogP contribution in [0.4, 0.5) is 0 Å². The van der Waals surface area contributed by atoms with Gasteiger partial charge in [0.15, 0.2) is 0 Å². The van der Waals surface area contributed by atoms with Crippen molar-refractivity contribution in [2.45, 2.75) is 12.8 Å². The number of benzene rings is 1. The lowest BCUT2D eigenvalue weighted by molar-refractivity contribution is -0.133. The van der Waals surface area contributed by atoms with Crippen LogP contribution in [-0.2, 0) is 9.59 Å². The van der Waals surface area contributed by atoms with Gasteiger partial charge in [0.1, 0.15) is 5.92 Å². The Hall–Kier alpha value is -1.99. The van der Waals surface area contributed by atoms with E-state index in [1.165, 1.54) is 11.3 Å². The fourth-order valence-corrected chi connectivity index (χ4v) is 4.08. The number of nitrogens with one attached hydrogen (secondary N) is 2. The maximum absolute atomic E-state index is 12.5. The fraction of sp³-hybridized carbons (Fsp3) is 0.235. The van der Waals surface area contributed by atoms with E-state index < -0.39 is 5.92 Å². The average molecular weight is 406 g/mol. The Labute approximate surface area is 152 Å². The van der Waals surface area contributed by atoms with Crippen molar-refractivity contribution in [2.24, 2.45) is 11.0 Å². The molecule has 2 heterocycles. The Bertz CT molecular complexity index is 788. The molecule has 1 aliphatic rings. The molecule has 0 aliphatic carbocycles. The molecule has 24 heavy (non-hydrogen) atoms. The quantitative estimate of drug-likeness (QED) is 0.466. The standard InChI is InChI=1S/C17H16BrN3O2S/c1-10(14-7-12(18)9-24-14)20-21-17(23)15-13(8-19-16(15)22)11-5-3-2-4-6-11/h2-7,9,13,15H,8H2,1H3,(H,19,22)(H,21,23)/b20-10-. The molecular weight excluding hydrogens is 390 g/mol. The minimum absolute atomic E-state index is 0.176. The van der Waals surface area contributed by atoms with Crippen LogP contribution in [0.15, 0.2) is 51.4 Å². The third-order valence-electron chi connectivity index (χ3n) is 3.95. The van der Waals surface area contributed by atoms with Crippen LogP contribution in [-0.4, -0.2) is 24.1 Å². The van der Waals surface area contributed by atoms with Crippen LogP contribution in [0.2, 0.25) is 0 Å². The first-order valence-electron chi connectivity index (χ1n) is 7.47. The van der Waals surface area contributed by atoms with E-state index in [2.05, 4.69) is 31.8 Å². The van der Waals surface area contributed by atoms with Crippen molar-refractivity contribution in [3.8, 4) is 0 Å². The van der Waals surface area contributed by atoms with Crippen molar-refractivity contribution < 1.29 is 9.59 Å². The highest BCUT2D eigenvalue weighted by atomic mass is 79.9. The van der Waals surface area contributed by atoms with Crippen molar-refractivity contribution in [3.63, 3.8) is 0 Å². The molecule has 0 bridgehead atoms. The Morgan fingerprint density at radius 3 is 2.79 bits per heavy atom. The van der Waals surface area contributed by atoms with Gasteiger partial charge in [-0.3, -0.25) is 9.59 Å². The van der Waals surface area contributed by atoms with Crippen molar-refractivity contribution in [1.29, 1.82) is 0 Å².